The first kappa shape index (κ1) is 18.7. The minimum atomic E-state index is -0.516. The van der Waals surface area contributed by atoms with Gasteiger partial charge in [0.25, 0.3) is 0 Å². The lowest BCUT2D eigenvalue weighted by Gasteiger charge is -2.17. The molecule has 0 saturated carbocycles. The zero-order valence-electron chi connectivity index (χ0n) is 14.4. The van der Waals surface area contributed by atoms with Crippen molar-refractivity contribution in [3.05, 3.63) is 59.7 Å². The predicted molar refractivity (Wildman–Crippen MR) is 108 cm³/mol. The van der Waals surface area contributed by atoms with E-state index in [1.807, 2.05) is 24.3 Å². The number of alkyl halides is 1. The molecular formula is C20H20INO4. The Hall–Kier alpha value is -2.09. The molecule has 0 aliphatic heterocycles. The third kappa shape index (κ3) is 4.00. The molecule has 1 aliphatic carbocycles. The summed E-state index contributed by atoms with van der Waals surface area (Å²) >= 11 is 2.12. The Morgan fingerprint density at radius 1 is 1.08 bits per heavy atom. The summed E-state index contributed by atoms with van der Waals surface area (Å²) in [5, 5.41) is 2.73. The van der Waals surface area contributed by atoms with E-state index in [-0.39, 0.29) is 31.0 Å². The van der Waals surface area contributed by atoms with Gasteiger partial charge in [0.15, 0.2) is 0 Å². The normalized spacial score (nSPS) is 13.5. The van der Waals surface area contributed by atoms with Crippen LogP contribution in [-0.4, -0.2) is 36.2 Å². The number of benzene rings is 2. The van der Waals surface area contributed by atoms with Crippen molar-refractivity contribution in [1.82, 2.24) is 5.32 Å². The summed E-state index contributed by atoms with van der Waals surface area (Å²) in [7, 11) is 1.33. The van der Waals surface area contributed by atoms with E-state index >= 15 is 0 Å². The number of halogens is 1. The fourth-order valence-electron chi connectivity index (χ4n) is 3.24. The van der Waals surface area contributed by atoms with Gasteiger partial charge in [-0.2, -0.15) is 0 Å². The maximum Gasteiger partial charge on any atom is 0.407 e. The molecule has 6 heteroatoms. The molecule has 2 aromatic carbocycles. The summed E-state index contributed by atoms with van der Waals surface area (Å²) in [5.74, 6) is -0.336. The van der Waals surface area contributed by atoms with Crippen molar-refractivity contribution in [1.29, 1.82) is 0 Å². The molecule has 1 amide bonds. The molecule has 0 aromatic heterocycles. The molecule has 0 bridgehead atoms. The van der Waals surface area contributed by atoms with E-state index in [0.717, 1.165) is 0 Å². The first-order valence-electron chi connectivity index (χ1n) is 8.38. The Morgan fingerprint density at radius 3 is 2.19 bits per heavy atom. The summed E-state index contributed by atoms with van der Waals surface area (Å²) in [6.45, 7) is 0.256. The van der Waals surface area contributed by atoms with Gasteiger partial charge in [-0.25, -0.2) is 4.79 Å². The average Bonchev–Trinajstić information content (AvgIpc) is 2.99. The van der Waals surface area contributed by atoms with Gasteiger partial charge in [0, 0.05) is 10.3 Å². The third-order valence-corrected chi connectivity index (χ3v) is 5.56. The topological polar surface area (TPSA) is 64.6 Å². The van der Waals surface area contributed by atoms with Gasteiger partial charge >= 0.3 is 12.1 Å². The van der Waals surface area contributed by atoms with Crippen LogP contribution in [0.5, 0.6) is 0 Å². The first-order chi connectivity index (χ1) is 12.6. The van der Waals surface area contributed by atoms with Gasteiger partial charge < -0.3 is 14.8 Å². The minimum Gasteiger partial charge on any atom is -0.469 e. The zero-order chi connectivity index (χ0) is 18.5. The number of hydrogen-bond donors (Lipinski definition) is 1. The van der Waals surface area contributed by atoms with Crippen LogP contribution in [0.4, 0.5) is 4.79 Å². The first-order valence-corrected chi connectivity index (χ1v) is 9.91. The van der Waals surface area contributed by atoms with E-state index in [0.29, 0.717) is 4.43 Å². The fourth-order valence-corrected chi connectivity index (χ4v) is 3.77. The molecule has 2 aromatic rings. The summed E-state index contributed by atoms with van der Waals surface area (Å²) in [6, 6.07) is 16.1. The van der Waals surface area contributed by atoms with Gasteiger partial charge in [-0.3, -0.25) is 4.79 Å². The van der Waals surface area contributed by atoms with E-state index in [1.54, 1.807) is 0 Å². The van der Waals surface area contributed by atoms with E-state index in [4.69, 9.17) is 4.74 Å². The van der Waals surface area contributed by atoms with Crippen molar-refractivity contribution in [2.24, 2.45) is 0 Å². The van der Waals surface area contributed by atoms with Crippen molar-refractivity contribution in [3.63, 3.8) is 0 Å². The van der Waals surface area contributed by atoms with Crippen LogP contribution in [0.2, 0.25) is 0 Å². The number of rotatable bonds is 6. The standard InChI is InChI=1S/C20H20INO4/c1-25-19(23)10-13(11-21)22-20(24)26-12-18-16-8-4-2-6-14(16)15-7-3-5-9-17(15)18/h2-9,13,18H,10-12H2,1H3,(H,22,24)/t13-/m1/s1. The Bertz CT molecular complexity index is 762. The lowest BCUT2D eigenvalue weighted by Crippen LogP contribution is -2.38. The number of hydrogen-bond acceptors (Lipinski definition) is 4. The lowest BCUT2D eigenvalue weighted by molar-refractivity contribution is -0.140. The third-order valence-electron chi connectivity index (χ3n) is 4.49. The second-order valence-electron chi connectivity index (χ2n) is 6.10. The number of carbonyl (C=O) groups excluding carboxylic acids is 2. The molecule has 26 heavy (non-hydrogen) atoms. The Balaban J connectivity index is 1.66. The molecule has 0 saturated heterocycles. The molecule has 0 spiro atoms. The molecule has 1 atom stereocenters. The van der Waals surface area contributed by atoms with Gasteiger partial charge in [0.2, 0.25) is 0 Å². The lowest BCUT2D eigenvalue weighted by atomic mass is 9.98. The minimum absolute atomic E-state index is 0.0202. The van der Waals surface area contributed by atoms with Crippen molar-refractivity contribution in [2.45, 2.75) is 18.4 Å². The molecule has 136 valence electrons. The smallest absolute Gasteiger partial charge is 0.407 e. The van der Waals surface area contributed by atoms with Gasteiger partial charge in [0.1, 0.15) is 6.61 Å². The number of fused-ring (bicyclic) bond motifs is 3. The summed E-state index contributed by atoms with van der Waals surface area (Å²) in [6.07, 6.45) is -0.388. The Morgan fingerprint density at radius 2 is 1.65 bits per heavy atom. The van der Waals surface area contributed by atoms with Crippen molar-refractivity contribution < 1.29 is 19.1 Å². The molecule has 1 aliphatic rings. The second-order valence-corrected chi connectivity index (χ2v) is 6.98. The van der Waals surface area contributed by atoms with Crippen LogP contribution in [0.3, 0.4) is 0 Å². The Kier molecular flexibility index (Phi) is 6.13. The van der Waals surface area contributed by atoms with Crippen LogP contribution in [0.15, 0.2) is 48.5 Å². The monoisotopic (exact) mass is 465 g/mol. The molecule has 0 radical (unpaired) electrons. The van der Waals surface area contributed by atoms with Gasteiger partial charge in [-0.1, -0.05) is 71.1 Å². The van der Waals surface area contributed by atoms with Crippen molar-refractivity contribution >= 4 is 34.7 Å². The zero-order valence-corrected chi connectivity index (χ0v) is 16.6. The summed E-state index contributed by atoms with van der Waals surface area (Å²) < 4.78 is 10.7. The number of ether oxygens (including phenoxy) is 2. The number of carbonyl (C=O) groups is 2. The number of methoxy groups -OCH3 is 1. The molecular weight excluding hydrogens is 445 g/mol. The second kappa shape index (κ2) is 8.53. The van der Waals surface area contributed by atoms with Gasteiger partial charge in [0.05, 0.1) is 19.6 Å². The quantitative estimate of drug-likeness (QED) is 0.400. The highest BCUT2D eigenvalue weighted by molar-refractivity contribution is 14.1. The van der Waals surface area contributed by atoms with Crippen LogP contribution in [-0.2, 0) is 14.3 Å². The predicted octanol–water partition coefficient (Wildman–Crippen LogP) is 3.89. The van der Waals surface area contributed by atoms with E-state index < -0.39 is 6.09 Å². The van der Waals surface area contributed by atoms with Crippen LogP contribution < -0.4 is 5.32 Å². The SMILES string of the molecule is COC(=O)C[C@H](CI)NC(=O)OCC1c2ccccc2-c2ccccc21. The maximum absolute atomic E-state index is 12.2. The fraction of sp³-hybridized carbons (Fsp3) is 0.300. The largest absolute Gasteiger partial charge is 0.469 e. The highest BCUT2D eigenvalue weighted by atomic mass is 127. The molecule has 0 fully saturated rings. The number of amides is 1. The van der Waals surface area contributed by atoms with E-state index in [2.05, 4.69) is 56.9 Å². The van der Waals surface area contributed by atoms with Gasteiger partial charge in [-0.15, -0.1) is 0 Å². The van der Waals surface area contributed by atoms with Crippen LogP contribution in [0, 0.1) is 0 Å². The van der Waals surface area contributed by atoms with Crippen molar-refractivity contribution in [3.8, 4) is 11.1 Å². The molecule has 0 heterocycles. The van der Waals surface area contributed by atoms with Gasteiger partial charge in [-0.05, 0) is 22.3 Å². The molecule has 5 nitrogen and oxygen atoms in total. The summed E-state index contributed by atoms with van der Waals surface area (Å²) in [5.41, 5.74) is 4.71. The molecule has 1 N–H and O–H groups in total. The van der Waals surface area contributed by atoms with Crippen LogP contribution in [0.1, 0.15) is 23.5 Å². The van der Waals surface area contributed by atoms with E-state index in [9.17, 15) is 9.59 Å². The summed E-state index contributed by atoms with van der Waals surface area (Å²) in [4.78, 5) is 23.6. The highest BCUT2D eigenvalue weighted by Crippen LogP contribution is 2.44. The molecule has 3 rings (SSSR count). The van der Waals surface area contributed by atoms with Crippen LogP contribution >= 0.6 is 22.6 Å². The number of esters is 1. The number of nitrogens with one attached hydrogen (secondary N) is 1. The maximum atomic E-state index is 12.2. The average molecular weight is 465 g/mol. The molecule has 0 unspecified atom stereocenters. The van der Waals surface area contributed by atoms with Crippen molar-refractivity contribution in [2.75, 3.05) is 18.1 Å². The number of alkyl carbamates (subject to hydrolysis) is 1. The van der Waals surface area contributed by atoms with E-state index in [1.165, 1.54) is 29.4 Å². The highest BCUT2D eigenvalue weighted by Gasteiger charge is 2.29. The Labute approximate surface area is 166 Å². The van der Waals surface area contributed by atoms with Crippen LogP contribution in [0.25, 0.3) is 11.1 Å².